The van der Waals surface area contributed by atoms with E-state index in [1.165, 1.54) is 0 Å². The number of aromatic amines is 1. The minimum absolute atomic E-state index is 0.0260. The number of amides is 1. The highest BCUT2D eigenvalue weighted by Crippen LogP contribution is 2.32. The van der Waals surface area contributed by atoms with Crippen LogP contribution in [0.5, 0.6) is 0 Å². The summed E-state index contributed by atoms with van der Waals surface area (Å²) in [5, 5.41) is 13.4. The molecule has 0 saturated heterocycles. The molecule has 172 valence electrons. The van der Waals surface area contributed by atoms with Gasteiger partial charge in [-0.1, -0.05) is 23.7 Å². The predicted molar refractivity (Wildman–Crippen MR) is 128 cm³/mol. The topological polar surface area (TPSA) is 100 Å². The number of nitrogens with zero attached hydrogens (tertiary/aromatic N) is 2. The second-order valence-corrected chi connectivity index (χ2v) is 7.90. The number of nitrogens with two attached hydrogens (primary N) is 1. The highest BCUT2D eigenvalue weighted by Gasteiger charge is 2.28. The van der Waals surface area contributed by atoms with E-state index in [1.807, 2.05) is 0 Å². The minimum atomic E-state index is -1.17. The lowest BCUT2D eigenvalue weighted by molar-refractivity contribution is -0.117. The molecule has 0 aliphatic carbocycles. The molecule has 1 atom stereocenters. The van der Waals surface area contributed by atoms with Crippen molar-refractivity contribution in [3.8, 4) is 0 Å². The van der Waals surface area contributed by atoms with Gasteiger partial charge in [0.15, 0.2) is 11.5 Å². The number of carbonyl (C=O) groups is 1. The van der Waals surface area contributed by atoms with E-state index in [1.54, 1.807) is 42.5 Å². The van der Waals surface area contributed by atoms with E-state index in [2.05, 4.69) is 25.7 Å². The summed E-state index contributed by atoms with van der Waals surface area (Å²) in [6.07, 6.45) is 0.0260. The summed E-state index contributed by atoms with van der Waals surface area (Å²) in [5.41, 5.74) is 7.45. The molecule has 0 radical (unpaired) electrons. The summed E-state index contributed by atoms with van der Waals surface area (Å²) < 4.78 is 29.0. The SMILES string of the molecule is [C-]#[N+]c1cccc(Nc2n[nH]c3ccc(NC(=O)[C@@H](CCN)c4c(F)ccc(Cl)c4F)cc23)c1. The molecule has 3 aromatic carbocycles. The van der Waals surface area contributed by atoms with Crippen molar-refractivity contribution in [3.63, 3.8) is 0 Å². The van der Waals surface area contributed by atoms with Crippen LogP contribution in [0.1, 0.15) is 17.9 Å². The molecule has 0 spiro atoms. The van der Waals surface area contributed by atoms with E-state index in [4.69, 9.17) is 23.9 Å². The summed E-state index contributed by atoms with van der Waals surface area (Å²) >= 11 is 5.81. The van der Waals surface area contributed by atoms with Crippen LogP contribution in [-0.4, -0.2) is 22.6 Å². The molecule has 0 aliphatic heterocycles. The Bertz CT molecular complexity index is 1410. The van der Waals surface area contributed by atoms with Gasteiger partial charge in [-0.25, -0.2) is 13.6 Å². The van der Waals surface area contributed by atoms with Crippen LogP contribution in [0, 0.1) is 18.2 Å². The number of carbonyl (C=O) groups excluding carboxylic acids is 1. The number of rotatable bonds is 7. The summed E-state index contributed by atoms with van der Waals surface area (Å²) in [7, 11) is 0. The Morgan fingerprint density at radius 3 is 2.76 bits per heavy atom. The fourth-order valence-electron chi connectivity index (χ4n) is 3.64. The van der Waals surface area contributed by atoms with Crippen LogP contribution in [0.25, 0.3) is 15.7 Å². The molecule has 1 amide bonds. The van der Waals surface area contributed by atoms with Crippen molar-refractivity contribution in [1.29, 1.82) is 0 Å². The number of nitrogens with one attached hydrogen (secondary N) is 3. The Balaban J connectivity index is 1.62. The normalized spacial score (nSPS) is 11.7. The van der Waals surface area contributed by atoms with Crippen molar-refractivity contribution in [1.82, 2.24) is 10.2 Å². The first-order valence-electron chi connectivity index (χ1n) is 10.3. The van der Waals surface area contributed by atoms with Crippen LogP contribution >= 0.6 is 11.6 Å². The second-order valence-electron chi connectivity index (χ2n) is 7.50. The molecule has 7 nitrogen and oxygen atoms in total. The zero-order valence-corrected chi connectivity index (χ0v) is 18.5. The van der Waals surface area contributed by atoms with Gasteiger partial charge >= 0.3 is 0 Å². The van der Waals surface area contributed by atoms with Crippen molar-refractivity contribution in [2.45, 2.75) is 12.3 Å². The molecule has 4 aromatic rings. The highest BCUT2D eigenvalue weighted by atomic mass is 35.5. The number of fused-ring (bicyclic) bond motifs is 1. The van der Waals surface area contributed by atoms with Crippen molar-refractivity contribution < 1.29 is 13.6 Å². The van der Waals surface area contributed by atoms with Crippen LogP contribution in [0.2, 0.25) is 5.02 Å². The van der Waals surface area contributed by atoms with Gasteiger partial charge in [0.25, 0.3) is 0 Å². The highest BCUT2D eigenvalue weighted by molar-refractivity contribution is 6.30. The number of hydrogen-bond donors (Lipinski definition) is 4. The predicted octanol–water partition coefficient (Wildman–Crippen LogP) is 5.86. The molecule has 0 fully saturated rings. The van der Waals surface area contributed by atoms with Gasteiger partial charge < -0.3 is 16.4 Å². The third kappa shape index (κ3) is 4.69. The first kappa shape index (κ1) is 23.2. The average molecular weight is 481 g/mol. The third-order valence-corrected chi connectivity index (χ3v) is 5.56. The van der Waals surface area contributed by atoms with Gasteiger partial charge in [0.05, 0.1) is 23.0 Å². The smallest absolute Gasteiger partial charge is 0.232 e. The fourth-order valence-corrected chi connectivity index (χ4v) is 3.81. The van der Waals surface area contributed by atoms with Gasteiger partial charge in [-0.2, -0.15) is 5.10 Å². The number of halogens is 3. The maximum atomic E-state index is 14.6. The van der Waals surface area contributed by atoms with Crippen LogP contribution in [0.15, 0.2) is 54.6 Å². The summed E-state index contributed by atoms with van der Waals surface area (Å²) in [4.78, 5) is 16.4. The molecule has 1 aromatic heterocycles. The van der Waals surface area contributed by atoms with Gasteiger partial charge in [-0.15, -0.1) is 0 Å². The zero-order chi connectivity index (χ0) is 24.2. The first-order chi connectivity index (χ1) is 16.4. The standard InChI is InChI=1S/C24H19ClF2N6O/c1-29-13-3-2-4-14(11-13)30-23-17-12-15(5-8-20(17)32-33-23)31-24(34)16(9-10-28)21-19(26)7-6-18(25)22(21)27/h2-8,11-12,16H,9-10,28H2,(H,31,34)(H2,30,32,33)/t16-/m0/s1. The fraction of sp³-hybridized carbons (Fsp3) is 0.125. The average Bonchev–Trinajstić information content (AvgIpc) is 3.23. The Morgan fingerprint density at radius 1 is 1.18 bits per heavy atom. The largest absolute Gasteiger partial charge is 0.339 e. The maximum absolute atomic E-state index is 14.6. The minimum Gasteiger partial charge on any atom is -0.339 e. The third-order valence-electron chi connectivity index (χ3n) is 5.27. The molecule has 10 heteroatoms. The van der Waals surface area contributed by atoms with Crippen molar-refractivity contribution >= 4 is 51.3 Å². The summed E-state index contributed by atoms with van der Waals surface area (Å²) in [5.74, 6) is -3.15. The van der Waals surface area contributed by atoms with Gasteiger partial charge in [0.2, 0.25) is 5.91 Å². The van der Waals surface area contributed by atoms with Gasteiger partial charge in [-0.3, -0.25) is 9.89 Å². The van der Waals surface area contributed by atoms with Crippen LogP contribution in [0.3, 0.4) is 0 Å². The van der Waals surface area contributed by atoms with Crippen LogP contribution < -0.4 is 16.4 Å². The van der Waals surface area contributed by atoms with E-state index < -0.39 is 29.0 Å². The zero-order valence-electron chi connectivity index (χ0n) is 17.7. The molecule has 0 aliphatic rings. The van der Waals surface area contributed by atoms with E-state index in [-0.39, 0.29) is 18.0 Å². The Hall–Kier alpha value is -4.00. The molecule has 0 unspecified atom stereocenters. The lowest BCUT2D eigenvalue weighted by atomic mass is 9.93. The number of hydrogen-bond acceptors (Lipinski definition) is 4. The molecule has 5 N–H and O–H groups in total. The summed E-state index contributed by atoms with van der Waals surface area (Å²) in [6, 6.07) is 14.1. The van der Waals surface area contributed by atoms with Crippen LogP contribution in [0.4, 0.5) is 31.7 Å². The lowest BCUT2D eigenvalue weighted by Crippen LogP contribution is -2.25. The number of aromatic nitrogens is 2. The molecule has 0 bridgehead atoms. The molecule has 0 saturated carbocycles. The first-order valence-corrected chi connectivity index (χ1v) is 10.7. The molecule has 4 rings (SSSR count). The Morgan fingerprint density at radius 2 is 2.00 bits per heavy atom. The second kappa shape index (κ2) is 9.87. The lowest BCUT2D eigenvalue weighted by Gasteiger charge is -2.18. The Labute approximate surface area is 198 Å². The van der Waals surface area contributed by atoms with Crippen molar-refractivity contribution in [2.24, 2.45) is 5.73 Å². The van der Waals surface area contributed by atoms with Gasteiger partial charge in [0, 0.05) is 22.3 Å². The Kier molecular flexibility index (Phi) is 6.72. The van der Waals surface area contributed by atoms with Crippen LogP contribution in [-0.2, 0) is 4.79 Å². The van der Waals surface area contributed by atoms with E-state index >= 15 is 0 Å². The molecular weight excluding hydrogens is 462 g/mol. The summed E-state index contributed by atoms with van der Waals surface area (Å²) in [6.45, 7) is 7.20. The molecular formula is C24H19ClF2N6O. The number of benzene rings is 3. The van der Waals surface area contributed by atoms with Crippen molar-refractivity contribution in [2.75, 3.05) is 17.2 Å². The quantitative estimate of drug-likeness (QED) is 0.196. The van der Waals surface area contributed by atoms with Gasteiger partial charge in [0.1, 0.15) is 11.6 Å². The van der Waals surface area contributed by atoms with E-state index in [0.29, 0.717) is 33.8 Å². The van der Waals surface area contributed by atoms with E-state index in [9.17, 15) is 13.6 Å². The van der Waals surface area contributed by atoms with E-state index in [0.717, 1.165) is 12.1 Å². The van der Waals surface area contributed by atoms with Gasteiger partial charge in [-0.05, 0) is 55.4 Å². The molecule has 34 heavy (non-hydrogen) atoms. The maximum Gasteiger partial charge on any atom is 0.232 e. The number of H-pyrrole nitrogens is 1. The van der Waals surface area contributed by atoms with Crippen molar-refractivity contribution in [3.05, 3.63) is 88.2 Å². The molecule has 1 heterocycles. The monoisotopic (exact) mass is 480 g/mol. The number of anilines is 3.